The number of amides is 2. The molecule has 1 aromatic carbocycles. The van der Waals surface area contributed by atoms with Gasteiger partial charge in [-0.3, -0.25) is 9.59 Å². The van der Waals surface area contributed by atoms with E-state index in [0.717, 1.165) is 19.3 Å². The van der Waals surface area contributed by atoms with Gasteiger partial charge in [-0.05, 0) is 43.0 Å². The lowest BCUT2D eigenvalue weighted by atomic mass is 10.0. The largest absolute Gasteiger partial charge is 0.352 e. The Morgan fingerprint density at radius 1 is 1.26 bits per heavy atom. The van der Waals surface area contributed by atoms with Crippen LogP contribution in [0.15, 0.2) is 24.3 Å². The maximum absolute atomic E-state index is 13.0. The van der Waals surface area contributed by atoms with Crippen molar-refractivity contribution in [2.24, 2.45) is 11.7 Å². The second kappa shape index (κ2) is 9.47. The molecule has 1 aromatic rings. The Hall–Kier alpha value is -1.66. The number of nitrogens with two attached hydrogens (primary N) is 1. The number of carbonyl (C=O) groups excluding carboxylic acids is 2. The molecule has 5 nitrogen and oxygen atoms in total. The Balaban J connectivity index is 0.00000264. The van der Waals surface area contributed by atoms with Gasteiger partial charge in [0, 0.05) is 6.04 Å². The summed E-state index contributed by atoms with van der Waals surface area (Å²) in [6.07, 6.45) is 3.09. The van der Waals surface area contributed by atoms with E-state index in [9.17, 15) is 14.0 Å². The van der Waals surface area contributed by atoms with E-state index in [-0.39, 0.29) is 49.0 Å². The minimum Gasteiger partial charge on any atom is -0.352 e. The lowest BCUT2D eigenvalue weighted by Crippen LogP contribution is -2.44. The molecule has 2 rings (SSSR count). The SMILES string of the molecule is Cl.NCC1CCCC1NC(=O)CNC(=O)Cc1cccc(F)c1. The molecule has 4 N–H and O–H groups in total. The molecule has 128 valence electrons. The summed E-state index contributed by atoms with van der Waals surface area (Å²) < 4.78 is 13.0. The minimum atomic E-state index is -0.378. The van der Waals surface area contributed by atoms with Crippen molar-refractivity contribution in [2.75, 3.05) is 13.1 Å². The fourth-order valence-corrected chi connectivity index (χ4v) is 2.84. The molecular formula is C16H23ClFN3O2. The highest BCUT2D eigenvalue weighted by atomic mass is 35.5. The average Bonchev–Trinajstić information content (AvgIpc) is 2.92. The molecule has 0 saturated heterocycles. The van der Waals surface area contributed by atoms with E-state index in [4.69, 9.17) is 5.73 Å². The quantitative estimate of drug-likeness (QED) is 0.724. The molecular weight excluding hydrogens is 321 g/mol. The van der Waals surface area contributed by atoms with Crippen molar-refractivity contribution in [3.05, 3.63) is 35.6 Å². The molecule has 0 aliphatic heterocycles. The predicted molar refractivity (Wildman–Crippen MR) is 88.7 cm³/mol. The van der Waals surface area contributed by atoms with E-state index in [2.05, 4.69) is 10.6 Å². The van der Waals surface area contributed by atoms with Crippen molar-refractivity contribution in [3.63, 3.8) is 0 Å². The van der Waals surface area contributed by atoms with Crippen molar-refractivity contribution in [2.45, 2.75) is 31.7 Å². The van der Waals surface area contributed by atoms with Crippen LogP contribution >= 0.6 is 12.4 Å². The average molecular weight is 344 g/mol. The van der Waals surface area contributed by atoms with Crippen LogP contribution in [0.25, 0.3) is 0 Å². The van der Waals surface area contributed by atoms with Gasteiger partial charge in [-0.1, -0.05) is 18.6 Å². The van der Waals surface area contributed by atoms with Gasteiger partial charge in [0.15, 0.2) is 0 Å². The van der Waals surface area contributed by atoms with Gasteiger partial charge in [0.05, 0.1) is 13.0 Å². The number of hydrogen-bond acceptors (Lipinski definition) is 3. The summed E-state index contributed by atoms with van der Waals surface area (Å²) in [7, 11) is 0. The zero-order valence-electron chi connectivity index (χ0n) is 12.9. The highest BCUT2D eigenvalue weighted by Gasteiger charge is 2.27. The molecule has 7 heteroatoms. The molecule has 1 aliphatic carbocycles. The van der Waals surface area contributed by atoms with Gasteiger partial charge in [-0.25, -0.2) is 4.39 Å². The Bertz CT molecular complexity index is 542. The van der Waals surface area contributed by atoms with Crippen LogP contribution in [0.4, 0.5) is 4.39 Å². The van der Waals surface area contributed by atoms with Gasteiger partial charge in [0.25, 0.3) is 0 Å². The van der Waals surface area contributed by atoms with E-state index in [1.54, 1.807) is 12.1 Å². The van der Waals surface area contributed by atoms with Crippen molar-refractivity contribution >= 4 is 24.2 Å². The minimum absolute atomic E-state index is 0. The van der Waals surface area contributed by atoms with E-state index >= 15 is 0 Å². The summed E-state index contributed by atoms with van der Waals surface area (Å²) in [5.41, 5.74) is 6.25. The molecule has 0 aromatic heterocycles. The first-order valence-electron chi connectivity index (χ1n) is 7.59. The second-order valence-electron chi connectivity index (χ2n) is 5.68. The van der Waals surface area contributed by atoms with E-state index < -0.39 is 0 Å². The lowest BCUT2D eigenvalue weighted by Gasteiger charge is -2.19. The standard InChI is InChI=1S/C16H22FN3O2.ClH/c17-13-5-1-3-11(7-13)8-15(21)19-10-16(22)20-14-6-2-4-12(14)9-18;/h1,3,5,7,12,14H,2,4,6,8-10,18H2,(H,19,21)(H,20,22);1H. The third kappa shape index (κ3) is 6.15. The van der Waals surface area contributed by atoms with Crippen molar-refractivity contribution in [3.8, 4) is 0 Å². The van der Waals surface area contributed by atoms with Gasteiger partial charge in [0.1, 0.15) is 5.82 Å². The monoisotopic (exact) mass is 343 g/mol. The molecule has 0 spiro atoms. The molecule has 1 fully saturated rings. The van der Waals surface area contributed by atoms with Gasteiger partial charge >= 0.3 is 0 Å². The number of benzene rings is 1. The number of halogens is 2. The molecule has 2 atom stereocenters. The van der Waals surface area contributed by atoms with Crippen LogP contribution in [0.3, 0.4) is 0 Å². The Morgan fingerprint density at radius 2 is 2.04 bits per heavy atom. The third-order valence-corrected chi connectivity index (χ3v) is 4.01. The molecule has 1 saturated carbocycles. The fraction of sp³-hybridized carbons (Fsp3) is 0.500. The van der Waals surface area contributed by atoms with Gasteiger partial charge < -0.3 is 16.4 Å². The predicted octanol–water partition coefficient (Wildman–Crippen LogP) is 1.15. The highest BCUT2D eigenvalue weighted by molar-refractivity contribution is 5.86. The molecule has 2 unspecified atom stereocenters. The number of nitrogens with one attached hydrogen (secondary N) is 2. The molecule has 1 aliphatic rings. The Kier molecular flexibility index (Phi) is 7.98. The number of carbonyl (C=O) groups is 2. The first-order valence-corrected chi connectivity index (χ1v) is 7.59. The van der Waals surface area contributed by atoms with Crippen molar-refractivity contribution in [1.29, 1.82) is 0 Å². The summed E-state index contributed by atoms with van der Waals surface area (Å²) in [4.78, 5) is 23.6. The van der Waals surface area contributed by atoms with Crippen LogP contribution in [0.1, 0.15) is 24.8 Å². The smallest absolute Gasteiger partial charge is 0.239 e. The van der Waals surface area contributed by atoms with Crippen molar-refractivity contribution < 1.29 is 14.0 Å². The molecule has 23 heavy (non-hydrogen) atoms. The molecule has 0 bridgehead atoms. The fourth-order valence-electron chi connectivity index (χ4n) is 2.84. The van der Waals surface area contributed by atoms with Crippen LogP contribution < -0.4 is 16.4 Å². The first-order chi connectivity index (χ1) is 10.6. The van der Waals surface area contributed by atoms with E-state index in [1.807, 2.05) is 0 Å². The molecule has 0 radical (unpaired) electrons. The van der Waals surface area contributed by atoms with Crippen LogP contribution in [-0.4, -0.2) is 30.9 Å². The summed E-state index contributed by atoms with van der Waals surface area (Å²) in [5.74, 6) is -0.565. The van der Waals surface area contributed by atoms with E-state index in [1.165, 1.54) is 12.1 Å². The zero-order valence-corrected chi connectivity index (χ0v) is 13.7. The lowest BCUT2D eigenvalue weighted by molar-refractivity contribution is -0.126. The van der Waals surface area contributed by atoms with Crippen LogP contribution in [0, 0.1) is 11.7 Å². The third-order valence-electron chi connectivity index (χ3n) is 4.01. The number of hydrogen-bond donors (Lipinski definition) is 3. The van der Waals surface area contributed by atoms with E-state index in [0.29, 0.717) is 18.0 Å². The highest BCUT2D eigenvalue weighted by Crippen LogP contribution is 2.24. The maximum atomic E-state index is 13.0. The van der Waals surface area contributed by atoms with Gasteiger partial charge in [-0.2, -0.15) is 0 Å². The molecule has 2 amide bonds. The normalized spacial score (nSPS) is 19.7. The van der Waals surface area contributed by atoms with Crippen LogP contribution in [0.5, 0.6) is 0 Å². The summed E-state index contributed by atoms with van der Waals surface area (Å²) >= 11 is 0. The van der Waals surface area contributed by atoms with Crippen LogP contribution in [0.2, 0.25) is 0 Å². The maximum Gasteiger partial charge on any atom is 0.239 e. The summed E-state index contributed by atoms with van der Waals surface area (Å²) in [6.45, 7) is 0.499. The first kappa shape index (κ1) is 19.4. The second-order valence-corrected chi connectivity index (χ2v) is 5.68. The van der Waals surface area contributed by atoms with Crippen molar-refractivity contribution in [1.82, 2.24) is 10.6 Å². The van der Waals surface area contributed by atoms with Gasteiger partial charge in [-0.15, -0.1) is 12.4 Å². The topological polar surface area (TPSA) is 84.2 Å². The van der Waals surface area contributed by atoms with Gasteiger partial charge in [0.2, 0.25) is 11.8 Å². The molecule has 0 heterocycles. The Morgan fingerprint density at radius 3 is 2.74 bits per heavy atom. The summed E-state index contributed by atoms with van der Waals surface area (Å²) in [6, 6.07) is 5.97. The zero-order chi connectivity index (χ0) is 15.9. The Labute approximate surface area is 141 Å². The van der Waals surface area contributed by atoms with Crippen LogP contribution in [-0.2, 0) is 16.0 Å². The number of rotatable bonds is 6. The summed E-state index contributed by atoms with van der Waals surface area (Å²) in [5, 5.41) is 5.47.